The third kappa shape index (κ3) is 3.36. The van der Waals surface area contributed by atoms with Gasteiger partial charge in [0.25, 0.3) is 0 Å². The molecule has 1 aromatic rings. The Morgan fingerprint density at radius 3 is 2.57 bits per heavy atom. The van der Waals surface area contributed by atoms with Crippen LogP contribution in [0.2, 0.25) is 0 Å². The number of phenolic OH excluding ortho intramolecular Hbond substituents is 1. The maximum atomic E-state index is 13.0. The van der Waals surface area contributed by atoms with Gasteiger partial charge in [-0.3, -0.25) is 9.59 Å². The van der Waals surface area contributed by atoms with Crippen molar-refractivity contribution in [1.82, 2.24) is 0 Å². The second kappa shape index (κ2) is 7.15. The predicted octanol–water partition coefficient (Wildman–Crippen LogP) is 4.53. The second-order valence-corrected chi connectivity index (χ2v) is 8.31. The zero-order valence-electron chi connectivity index (χ0n) is 17.0. The molecule has 6 nitrogen and oxygen atoms in total. The average Bonchev–Trinajstić information content (AvgIpc) is 2.58. The van der Waals surface area contributed by atoms with Gasteiger partial charge in [0.05, 0.1) is 17.9 Å². The molecule has 0 spiro atoms. The normalized spacial score (nSPS) is 23.2. The molecule has 3 atom stereocenters. The van der Waals surface area contributed by atoms with E-state index in [9.17, 15) is 19.8 Å². The predicted molar refractivity (Wildman–Crippen MR) is 105 cm³/mol. The molecule has 6 heteroatoms. The number of ketones is 1. The number of Topliss-reactive ketones (excluding diaryl/α,β-unsaturated/α-hetero) is 1. The fourth-order valence-corrected chi connectivity index (χ4v) is 3.94. The molecule has 3 rings (SSSR count). The van der Waals surface area contributed by atoms with Crippen LogP contribution < -0.4 is 9.47 Å². The number of carbonyl (C=O) groups is 2. The Bertz CT molecular complexity index is 851. The van der Waals surface area contributed by atoms with E-state index in [4.69, 9.17) is 9.47 Å². The molecule has 0 saturated heterocycles. The minimum Gasteiger partial charge on any atom is -0.506 e. The molecule has 152 valence electrons. The Hall–Kier alpha value is -2.50. The van der Waals surface area contributed by atoms with Crippen LogP contribution in [-0.4, -0.2) is 33.7 Å². The Morgan fingerprint density at radius 1 is 1.29 bits per heavy atom. The fourth-order valence-electron chi connectivity index (χ4n) is 3.94. The molecule has 1 aromatic carbocycles. The van der Waals surface area contributed by atoms with Gasteiger partial charge < -0.3 is 19.7 Å². The van der Waals surface area contributed by atoms with Gasteiger partial charge in [0.1, 0.15) is 34.5 Å². The zero-order chi connectivity index (χ0) is 20.8. The molecule has 28 heavy (non-hydrogen) atoms. The molecule has 2 heterocycles. The topological polar surface area (TPSA) is 93.1 Å². The first-order chi connectivity index (χ1) is 13.1. The molecule has 0 fully saturated rings. The third-order valence-electron chi connectivity index (χ3n) is 5.60. The molecule has 0 saturated carbocycles. The first-order valence-corrected chi connectivity index (χ1v) is 9.81. The quantitative estimate of drug-likeness (QED) is 0.769. The van der Waals surface area contributed by atoms with Gasteiger partial charge in [0.2, 0.25) is 0 Å². The molecule has 0 unspecified atom stereocenters. The zero-order valence-corrected chi connectivity index (χ0v) is 17.0. The van der Waals surface area contributed by atoms with Crippen molar-refractivity contribution in [2.45, 2.75) is 71.5 Å². The number of carboxylic acids is 1. The summed E-state index contributed by atoms with van der Waals surface area (Å²) >= 11 is 0. The molecular formula is C22H28O6. The van der Waals surface area contributed by atoms with Crippen LogP contribution in [0, 0.1) is 5.92 Å². The summed E-state index contributed by atoms with van der Waals surface area (Å²) in [4.78, 5) is 24.6. The lowest BCUT2D eigenvalue weighted by atomic mass is 9.81. The molecular weight excluding hydrogens is 360 g/mol. The van der Waals surface area contributed by atoms with Crippen molar-refractivity contribution < 1.29 is 29.3 Å². The number of ether oxygens (including phenoxy) is 2. The summed E-state index contributed by atoms with van der Waals surface area (Å²) in [7, 11) is 0. The lowest BCUT2D eigenvalue weighted by molar-refractivity contribution is -0.137. The largest absolute Gasteiger partial charge is 0.506 e. The van der Waals surface area contributed by atoms with Crippen LogP contribution in [0.1, 0.15) is 81.3 Å². The van der Waals surface area contributed by atoms with Gasteiger partial charge in [0, 0.05) is 11.5 Å². The Kier molecular flexibility index (Phi) is 5.17. The van der Waals surface area contributed by atoms with E-state index in [0.29, 0.717) is 23.3 Å². The minimum atomic E-state index is -0.928. The molecule has 0 amide bonds. The number of carboxylic acid groups (broad SMARTS) is 1. The van der Waals surface area contributed by atoms with Crippen LogP contribution in [0.25, 0.3) is 6.08 Å². The monoisotopic (exact) mass is 388 g/mol. The van der Waals surface area contributed by atoms with Crippen molar-refractivity contribution in [1.29, 1.82) is 0 Å². The molecule has 0 aromatic heterocycles. The molecule has 0 bridgehead atoms. The summed E-state index contributed by atoms with van der Waals surface area (Å²) in [6.45, 7) is 9.33. The second-order valence-electron chi connectivity index (χ2n) is 8.31. The van der Waals surface area contributed by atoms with Gasteiger partial charge in [-0.25, -0.2) is 0 Å². The summed E-state index contributed by atoms with van der Waals surface area (Å²) in [6.07, 6.45) is 4.45. The molecule has 2 N–H and O–H groups in total. The van der Waals surface area contributed by atoms with E-state index in [1.54, 1.807) is 13.0 Å². The fraction of sp³-hybridized carbons (Fsp3) is 0.545. The highest BCUT2D eigenvalue weighted by molar-refractivity contribution is 6.06. The molecule has 2 aliphatic heterocycles. The highest BCUT2D eigenvalue weighted by atomic mass is 16.5. The number of carbonyl (C=O) groups excluding carboxylic acids is 1. The maximum absolute atomic E-state index is 13.0. The van der Waals surface area contributed by atoms with Crippen molar-refractivity contribution in [3.8, 4) is 17.2 Å². The van der Waals surface area contributed by atoms with Gasteiger partial charge in [-0.1, -0.05) is 20.3 Å². The van der Waals surface area contributed by atoms with Crippen LogP contribution in [0.15, 0.2) is 6.08 Å². The molecule has 0 radical (unpaired) electrons. The van der Waals surface area contributed by atoms with Gasteiger partial charge in [0.15, 0.2) is 5.78 Å². The maximum Gasteiger partial charge on any atom is 0.303 e. The van der Waals surface area contributed by atoms with E-state index in [0.717, 1.165) is 6.42 Å². The van der Waals surface area contributed by atoms with Crippen LogP contribution in [0.5, 0.6) is 17.2 Å². The Balaban J connectivity index is 2.34. The van der Waals surface area contributed by atoms with E-state index in [-0.39, 0.29) is 41.3 Å². The first kappa shape index (κ1) is 20.2. The van der Waals surface area contributed by atoms with E-state index in [2.05, 4.69) is 0 Å². The number of benzene rings is 1. The summed E-state index contributed by atoms with van der Waals surface area (Å²) in [6, 6.07) is 0. The highest BCUT2D eigenvalue weighted by Crippen LogP contribution is 2.53. The van der Waals surface area contributed by atoms with Crippen molar-refractivity contribution in [2.75, 3.05) is 0 Å². The van der Waals surface area contributed by atoms with Crippen LogP contribution >= 0.6 is 0 Å². The summed E-state index contributed by atoms with van der Waals surface area (Å²) in [5, 5.41) is 20.4. The highest BCUT2D eigenvalue weighted by Gasteiger charge is 2.41. The number of aromatic hydroxyl groups is 1. The van der Waals surface area contributed by atoms with E-state index in [1.807, 2.05) is 33.8 Å². The first-order valence-electron chi connectivity index (χ1n) is 9.81. The SMILES string of the molecule is CCC[C@H](CC(=O)O)c1c2c(c(O)c3c1O[C@H](C)[C@H](C)C3=O)C=CC(C)(C)O2. The van der Waals surface area contributed by atoms with Crippen LogP contribution in [0.3, 0.4) is 0 Å². The minimum absolute atomic E-state index is 0.105. The van der Waals surface area contributed by atoms with E-state index < -0.39 is 17.5 Å². The number of phenols is 1. The van der Waals surface area contributed by atoms with Crippen molar-refractivity contribution in [2.24, 2.45) is 5.92 Å². The Morgan fingerprint density at radius 2 is 1.96 bits per heavy atom. The van der Waals surface area contributed by atoms with Crippen molar-refractivity contribution in [3.05, 3.63) is 22.8 Å². The average molecular weight is 388 g/mol. The van der Waals surface area contributed by atoms with Gasteiger partial charge >= 0.3 is 5.97 Å². The number of fused-ring (bicyclic) bond motifs is 2. The molecule has 0 aliphatic carbocycles. The standard InChI is InChI=1S/C22H28O6/c1-6-7-13(10-15(23)24)16-20-14(8-9-22(4,5)28-20)19(26)17-18(25)11(2)12(3)27-21(16)17/h8-9,11-13,26H,6-7,10H2,1-5H3,(H,23,24)/t11-,12+,13+/m0/s1. The lowest BCUT2D eigenvalue weighted by Crippen LogP contribution is -2.36. The summed E-state index contributed by atoms with van der Waals surface area (Å²) in [5.74, 6) is -1.38. The van der Waals surface area contributed by atoms with Crippen LogP contribution in [0.4, 0.5) is 0 Å². The van der Waals surface area contributed by atoms with Gasteiger partial charge in [-0.05, 0) is 39.3 Å². The Labute approximate surface area is 165 Å². The lowest BCUT2D eigenvalue weighted by Gasteiger charge is -2.37. The van der Waals surface area contributed by atoms with E-state index >= 15 is 0 Å². The summed E-state index contributed by atoms with van der Waals surface area (Å²) < 4.78 is 12.3. The number of hydrogen-bond donors (Lipinski definition) is 2. The number of rotatable bonds is 5. The number of hydrogen-bond acceptors (Lipinski definition) is 5. The van der Waals surface area contributed by atoms with Crippen molar-refractivity contribution in [3.63, 3.8) is 0 Å². The van der Waals surface area contributed by atoms with Gasteiger partial charge in [-0.15, -0.1) is 0 Å². The smallest absolute Gasteiger partial charge is 0.303 e. The van der Waals surface area contributed by atoms with Crippen LogP contribution in [-0.2, 0) is 4.79 Å². The third-order valence-corrected chi connectivity index (χ3v) is 5.60. The molecule has 2 aliphatic rings. The summed E-state index contributed by atoms with van der Waals surface area (Å²) in [5.41, 5.74) is 0.508. The van der Waals surface area contributed by atoms with Crippen molar-refractivity contribution >= 4 is 17.8 Å². The van der Waals surface area contributed by atoms with E-state index in [1.165, 1.54) is 0 Å². The van der Waals surface area contributed by atoms with Gasteiger partial charge in [-0.2, -0.15) is 0 Å². The number of aliphatic carboxylic acids is 1.